The van der Waals surface area contributed by atoms with E-state index < -0.39 is 0 Å². The van der Waals surface area contributed by atoms with Crippen LogP contribution in [0.15, 0.2) is 42.7 Å². The van der Waals surface area contributed by atoms with E-state index >= 15 is 0 Å². The van der Waals surface area contributed by atoms with Crippen LogP contribution < -0.4 is 4.74 Å². The summed E-state index contributed by atoms with van der Waals surface area (Å²) < 4.78 is 7.61. The molecule has 3 nitrogen and oxygen atoms in total. The highest BCUT2D eigenvalue weighted by Crippen LogP contribution is 2.13. The fourth-order valence-electron chi connectivity index (χ4n) is 1.94. The van der Waals surface area contributed by atoms with Crippen molar-refractivity contribution in [2.45, 2.75) is 39.2 Å². The molecule has 1 aromatic heterocycles. The zero-order chi connectivity index (χ0) is 13.5. The predicted molar refractivity (Wildman–Crippen MR) is 77.5 cm³/mol. The Kier molecular flexibility index (Phi) is 5.01. The highest BCUT2D eigenvalue weighted by Gasteiger charge is 2.02. The zero-order valence-electron chi connectivity index (χ0n) is 11.7. The number of hydrogen-bond donors (Lipinski definition) is 0. The number of ether oxygens (including phenoxy) is 1. The summed E-state index contributed by atoms with van der Waals surface area (Å²) in [6.45, 7) is 4.98. The molecule has 0 amide bonds. The Bertz CT molecular complexity index is 477. The maximum Gasteiger partial charge on any atom is 0.157 e. The van der Waals surface area contributed by atoms with Crippen LogP contribution in [0, 0.1) is 0 Å². The number of aryl methyl sites for hydroxylation is 1. The van der Waals surface area contributed by atoms with Crippen LogP contribution in [0.1, 0.15) is 38.3 Å². The molecular formula is C16H22N2O. The fourth-order valence-corrected chi connectivity index (χ4v) is 1.94. The van der Waals surface area contributed by atoms with E-state index in [4.69, 9.17) is 4.74 Å². The van der Waals surface area contributed by atoms with Crippen molar-refractivity contribution >= 4 is 0 Å². The number of hydrogen-bond acceptors (Lipinski definition) is 2. The highest BCUT2D eigenvalue weighted by molar-refractivity contribution is 5.14. The first-order valence-corrected chi connectivity index (χ1v) is 6.96. The third-order valence-electron chi connectivity index (χ3n) is 3.08. The van der Waals surface area contributed by atoms with Crippen molar-refractivity contribution in [1.82, 2.24) is 9.78 Å². The summed E-state index contributed by atoms with van der Waals surface area (Å²) in [5.74, 6) is 0.869. The minimum Gasteiger partial charge on any atom is -0.490 e. The molecule has 0 atom stereocenters. The van der Waals surface area contributed by atoms with Crippen molar-refractivity contribution in [2.24, 2.45) is 0 Å². The van der Waals surface area contributed by atoms with E-state index in [0.717, 1.165) is 31.6 Å². The minimum atomic E-state index is 0.385. The van der Waals surface area contributed by atoms with Gasteiger partial charge in [-0.15, -0.1) is 0 Å². The number of aromatic nitrogens is 2. The van der Waals surface area contributed by atoms with Crippen molar-refractivity contribution in [3.05, 3.63) is 48.3 Å². The van der Waals surface area contributed by atoms with E-state index in [0.29, 0.717) is 6.04 Å². The second kappa shape index (κ2) is 6.98. The van der Waals surface area contributed by atoms with Crippen molar-refractivity contribution in [3.8, 4) is 5.75 Å². The van der Waals surface area contributed by atoms with E-state index in [9.17, 15) is 0 Å². The molecule has 0 unspecified atom stereocenters. The molecule has 1 aromatic carbocycles. The third-order valence-corrected chi connectivity index (χ3v) is 3.08. The Hall–Kier alpha value is -1.77. The van der Waals surface area contributed by atoms with E-state index in [1.165, 1.54) is 5.56 Å². The van der Waals surface area contributed by atoms with Gasteiger partial charge < -0.3 is 4.74 Å². The molecule has 0 N–H and O–H groups in total. The fraction of sp³-hybridized carbons (Fsp3) is 0.438. The van der Waals surface area contributed by atoms with Gasteiger partial charge in [0.05, 0.1) is 19.0 Å². The molecule has 3 heteroatoms. The first-order valence-electron chi connectivity index (χ1n) is 6.96. The lowest BCUT2D eigenvalue weighted by molar-refractivity contribution is 0.306. The molecule has 0 fully saturated rings. The monoisotopic (exact) mass is 258 g/mol. The SMILES string of the molecule is CC(C)n1cc(OCCCCc2ccccc2)cn1. The summed E-state index contributed by atoms with van der Waals surface area (Å²) >= 11 is 0. The Morgan fingerprint density at radius 3 is 2.63 bits per heavy atom. The second-order valence-corrected chi connectivity index (χ2v) is 5.04. The van der Waals surface area contributed by atoms with Crippen LogP contribution in [0.4, 0.5) is 0 Å². The molecule has 0 saturated heterocycles. The second-order valence-electron chi connectivity index (χ2n) is 5.04. The lowest BCUT2D eigenvalue weighted by atomic mass is 10.1. The van der Waals surface area contributed by atoms with Gasteiger partial charge in [-0.25, -0.2) is 0 Å². The van der Waals surface area contributed by atoms with Crippen LogP contribution in [-0.2, 0) is 6.42 Å². The van der Waals surface area contributed by atoms with Crippen molar-refractivity contribution in [3.63, 3.8) is 0 Å². The molecule has 0 aliphatic heterocycles. The van der Waals surface area contributed by atoms with Gasteiger partial charge >= 0.3 is 0 Å². The van der Waals surface area contributed by atoms with Crippen molar-refractivity contribution in [1.29, 1.82) is 0 Å². The Morgan fingerprint density at radius 1 is 1.16 bits per heavy atom. The van der Waals surface area contributed by atoms with Crippen molar-refractivity contribution in [2.75, 3.05) is 6.61 Å². The average molecular weight is 258 g/mol. The highest BCUT2D eigenvalue weighted by atomic mass is 16.5. The van der Waals surface area contributed by atoms with E-state index in [1.807, 2.05) is 10.9 Å². The molecular weight excluding hydrogens is 236 g/mol. The maximum atomic E-state index is 5.69. The third kappa shape index (κ3) is 4.43. The number of benzene rings is 1. The maximum absolute atomic E-state index is 5.69. The Labute approximate surface area is 115 Å². The first kappa shape index (κ1) is 13.7. The van der Waals surface area contributed by atoms with Gasteiger partial charge in [-0.2, -0.15) is 5.10 Å². The van der Waals surface area contributed by atoms with Crippen LogP contribution in [0.2, 0.25) is 0 Å². The van der Waals surface area contributed by atoms with Gasteiger partial charge in [-0.3, -0.25) is 4.68 Å². The average Bonchev–Trinajstić information content (AvgIpc) is 2.89. The molecule has 2 rings (SSSR count). The normalized spacial score (nSPS) is 10.9. The summed E-state index contributed by atoms with van der Waals surface area (Å²) in [6, 6.07) is 11.0. The Balaban J connectivity index is 1.64. The van der Waals surface area contributed by atoms with E-state index in [1.54, 1.807) is 6.20 Å². The summed E-state index contributed by atoms with van der Waals surface area (Å²) in [7, 11) is 0. The number of rotatable bonds is 7. The van der Waals surface area contributed by atoms with Gasteiger partial charge in [-0.1, -0.05) is 30.3 Å². The zero-order valence-corrected chi connectivity index (χ0v) is 11.7. The van der Waals surface area contributed by atoms with Gasteiger partial charge in [0.2, 0.25) is 0 Å². The predicted octanol–water partition coefficient (Wildman–Crippen LogP) is 3.87. The van der Waals surface area contributed by atoms with Crippen LogP contribution in [-0.4, -0.2) is 16.4 Å². The molecule has 0 aliphatic carbocycles. The molecule has 0 bridgehead atoms. The van der Waals surface area contributed by atoms with E-state index in [-0.39, 0.29) is 0 Å². The Morgan fingerprint density at radius 2 is 1.95 bits per heavy atom. The molecule has 1 heterocycles. The van der Waals surface area contributed by atoms with Crippen LogP contribution in [0.3, 0.4) is 0 Å². The van der Waals surface area contributed by atoms with Crippen LogP contribution in [0.5, 0.6) is 5.75 Å². The lowest BCUT2D eigenvalue weighted by Crippen LogP contribution is -2.00. The van der Waals surface area contributed by atoms with E-state index in [2.05, 4.69) is 49.3 Å². The van der Waals surface area contributed by atoms with Gasteiger partial charge in [0.25, 0.3) is 0 Å². The van der Waals surface area contributed by atoms with Gasteiger partial charge in [-0.05, 0) is 38.7 Å². The molecule has 19 heavy (non-hydrogen) atoms. The summed E-state index contributed by atoms with van der Waals surface area (Å²) in [5, 5.41) is 4.25. The minimum absolute atomic E-state index is 0.385. The summed E-state index contributed by atoms with van der Waals surface area (Å²) in [4.78, 5) is 0. The van der Waals surface area contributed by atoms with Gasteiger partial charge in [0.1, 0.15) is 0 Å². The quantitative estimate of drug-likeness (QED) is 0.705. The number of unbranched alkanes of at least 4 members (excludes halogenated alkanes) is 1. The summed E-state index contributed by atoms with van der Waals surface area (Å²) in [6.07, 6.45) is 7.10. The standard InChI is InChI=1S/C16H22N2O/c1-14(2)18-13-16(12-17-18)19-11-7-6-10-15-8-4-3-5-9-15/h3-5,8-9,12-14H,6-7,10-11H2,1-2H3. The number of nitrogens with zero attached hydrogens (tertiary/aromatic N) is 2. The smallest absolute Gasteiger partial charge is 0.157 e. The summed E-state index contributed by atoms with van der Waals surface area (Å²) in [5.41, 5.74) is 1.40. The molecule has 0 radical (unpaired) electrons. The van der Waals surface area contributed by atoms with Gasteiger partial charge in [0.15, 0.2) is 5.75 Å². The largest absolute Gasteiger partial charge is 0.490 e. The molecule has 0 aliphatic rings. The molecule has 0 spiro atoms. The molecule has 102 valence electrons. The van der Waals surface area contributed by atoms with Crippen LogP contribution >= 0.6 is 0 Å². The van der Waals surface area contributed by atoms with Crippen molar-refractivity contribution < 1.29 is 4.74 Å². The first-order chi connectivity index (χ1) is 9.25. The van der Waals surface area contributed by atoms with Gasteiger partial charge in [0, 0.05) is 6.04 Å². The molecule has 0 saturated carbocycles. The molecule has 2 aromatic rings. The lowest BCUT2D eigenvalue weighted by Gasteiger charge is -2.05. The topological polar surface area (TPSA) is 27.1 Å². The van der Waals surface area contributed by atoms with Crippen LogP contribution in [0.25, 0.3) is 0 Å².